The van der Waals surface area contributed by atoms with Crippen LogP contribution in [-0.4, -0.2) is 45.6 Å². The van der Waals surface area contributed by atoms with Gasteiger partial charge >= 0.3 is 6.18 Å². The maximum absolute atomic E-state index is 13.5. The number of carbonyl (C=O) groups is 1. The molecule has 1 aromatic carbocycles. The molecule has 30 heavy (non-hydrogen) atoms. The van der Waals surface area contributed by atoms with Crippen LogP contribution in [0.15, 0.2) is 36.4 Å². The Hall–Kier alpha value is -3.10. The van der Waals surface area contributed by atoms with E-state index in [1.807, 2.05) is 0 Å². The lowest BCUT2D eigenvalue weighted by atomic mass is 9.92. The highest BCUT2D eigenvalue weighted by Crippen LogP contribution is 2.34. The van der Waals surface area contributed by atoms with Crippen LogP contribution in [0.5, 0.6) is 5.75 Å². The van der Waals surface area contributed by atoms with Gasteiger partial charge in [0.1, 0.15) is 11.4 Å². The van der Waals surface area contributed by atoms with Crippen molar-refractivity contribution in [2.75, 3.05) is 20.2 Å². The van der Waals surface area contributed by atoms with Gasteiger partial charge in [-0.25, -0.2) is 9.50 Å². The molecule has 0 bridgehead atoms. The van der Waals surface area contributed by atoms with Crippen LogP contribution in [0.2, 0.25) is 0 Å². The maximum atomic E-state index is 13.5. The molecule has 2 aromatic heterocycles. The number of likely N-dealkylation sites (tertiary alicyclic amines) is 1. The first kappa shape index (κ1) is 20.2. The third-order valence-corrected chi connectivity index (χ3v) is 5.38. The van der Waals surface area contributed by atoms with Crippen LogP contribution in [0, 0.1) is 6.92 Å². The molecule has 0 saturated carbocycles. The molecular formula is C21H21F3N4O2. The van der Waals surface area contributed by atoms with Crippen molar-refractivity contribution in [1.29, 1.82) is 0 Å². The first-order chi connectivity index (χ1) is 14.3. The Kier molecular flexibility index (Phi) is 5.13. The van der Waals surface area contributed by atoms with Gasteiger partial charge in [0.2, 0.25) is 0 Å². The molecule has 1 aliphatic rings. The van der Waals surface area contributed by atoms with Crippen molar-refractivity contribution in [2.24, 2.45) is 0 Å². The molecule has 0 aliphatic carbocycles. The molecule has 0 unspecified atom stereocenters. The highest BCUT2D eigenvalue weighted by molar-refractivity contribution is 5.94. The molecule has 3 aromatic rings. The van der Waals surface area contributed by atoms with E-state index in [9.17, 15) is 18.0 Å². The van der Waals surface area contributed by atoms with E-state index in [2.05, 4.69) is 10.1 Å². The van der Waals surface area contributed by atoms with Crippen LogP contribution in [0.3, 0.4) is 0 Å². The lowest BCUT2D eigenvalue weighted by Crippen LogP contribution is -2.38. The topological polar surface area (TPSA) is 59.7 Å². The van der Waals surface area contributed by atoms with Crippen molar-refractivity contribution in [1.82, 2.24) is 19.5 Å². The molecule has 1 amide bonds. The number of hydrogen-bond donors (Lipinski definition) is 0. The van der Waals surface area contributed by atoms with Crippen LogP contribution in [-0.2, 0) is 6.18 Å². The number of alkyl halides is 3. The monoisotopic (exact) mass is 418 g/mol. The van der Waals surface area contributed by atoms with E-state index in [-0.39, 0.29) is 17.5 Å². The van der Waals surface area contributed by atoms with E-state index < -0.39 is 11.9 Å². The Bertz CT molecular complexity index is 1090. The minimum atomic E-state index is -4.53. The first-order valence-electron chi connectivity index (χ1n) is 9.64. The molecule has 9 heteroatoms. The number of methoxy groups -OCH3 is 1. The molecule has 1 aliphatic heterocycles. The summed E-state index contributed by atoms with van der Waals surface area (Å²) in [5.41, 5.74) is 0.756. The van der Waals surface area contributed by atoms with Gasteiger partial charge in [0.05, 0.1) is 12.8 Å². The van der Waals surface area contributed by atoms with Crippen LogP contribution >= 0.6 is 0 Å². The lowest BCUT2D eigenvalue weighted by Gasteiger charge is -2.32. The Balaban J connectivity index is 1.54. The fourth-order valence-corrected chi connectivity index (χ4v) is 3.84. The fraction of sp³-hybridized carbons (Fsp3) is 0.381. The lowest BCUT2D eigenvalue weighted by molar-refractivity contribution is -0.142. The predicted octanol–water partition coefficient (Wildman–Crippen LogP) is 4.08. The Morgan fingerprint density at radius 2 is 1.90 bits per heavy atom. The van der Waals surface area contributed by atoms with Crippen LogP contribution < -0.4 is 4.74 Å². The fourth-order valence-electron chi connectivity index (χ4n) is 3.84. The molecule has 4 rings (SSSR count). The number of fused-ring (bicyclic) bond motifs is 1. The van der Waals surface area contributed by atoms with Gasteiger partial charge < -0.3 is 9.64 Å². The molecule has 0 atom stereocenters. The van der Waals surface area contributed by atoms with Crippen molar-refractivity contribution in [3.8, 4) is 5.75 Å². The summed E-state index contributed by atoms with van der Waals surface area (Å²) in [6.07, 6.45) is -3.44. The minimum Gasteiger partial charge on any atom is -0.497 e. The summed E-state index contributed by atoms with van der Waals surface area (Å²) in [6.45, 7) is 2.54. The molecule has 0 N–H and O–H groups in total. The second-order valence-corrected chi connectivity index (χ2v) is 7.42. The molecular weight excluding hydrogens is 397 g/mol. The summed E-state index contributed by atoms with van der Waals surface area (Å²) in [4.78, 5) is 18.9. The van der Waals surface area contributed by atoms with Crippen molar-refractivity contribution in [3.05, 3.63) is 59.0 Å². The molecule has 158 valence electrons. The molecule has 6 nitrogen and oxygen atoms in total. The van der Waals surface area contributed by atoms with E-state index >= 15 is 0 Å². The Morgan fingerprint density at radius 1 is 1.17 bits per heavy atom. The van der Waals surface area contributed by atoms with Gasteiger partial charge in [-0.3, -0.25) is 4.79 Å². The third-order valence-electron chi connectivity index (χ3n) is 5.38. The van der Waals surface area contributed by atoms with Crippen LogP contribution in [0.4, 0.5) is 13.2 Å². The number of hydrogen-bond acceptors (Lipinski definition) is 4. The van der Waals surface area contributed by atoms with Crippen LogP contribution in [0.1, 0.15) is 46.2 Å². The average molecular weight is 418 g/mol. The highest BCUT2D eigenvalue weighted by atomic mass is 19.4. The largest absolute Gasteiger partial charge is 0.497 e. The second kappa shape index (κ2) is 7.62. The SMILES string of the molecule is COc1cccc(C(=O)N2CCC(c3cc(C(F)(F)F)n4nc(C)cc4n3)CC2)c1. The number of rotatable bonds is 3. The molecule has 0 spiro atoms. The summed E-state index contributed by atoms with van der Waals surface area (Å²) < 4.78 is 46.6. The van der Waals surface area contributed by atoms with Crippen molar-refractivity contribution < 1.29 is 22.7 Å². The van der Waals surface area contributed by atoms with Gasteiger partial charge in [0.25, 0.3) is 5.91 Å². The van der Waals surface area contributed by atoms with E-state index in [1.54, 1.807) is 42.2 Å². The summed E-state index contributed by atoms with van der Waals surface area (Å²) in [7, 11) is 1.54. The third kappa shape index (κ3) is 3.83. The first-order valence-corrected chi connectivity index (χ1v) is 9.64. The number of nitrogens with zero attached hydrogens (tertiary/aromatic N) is 4. The van der Waals surface area contributed by atoms with E-state index in [0.29, 0.717) is 48.6 Å². The van der Waals surface area contributed by atoms with Crippen LogP contribution in [0.25, 0.3) is 5.65 Å². The van der Waals surface area contributed by atoms with Gasteiger partial charge in [-0.15, -0.1) is 0 Å². The summed E-state index contributed by atoms with van der Waals surface area (Å²) in [5.74, 6) is 0.336. The van der Waals surface area contributed by atoms with Gasteiger partial charge in [-0.2, -0.15) is 18.3 Å². The molecule has 3 heterocycles. The average Bonchev–Trinajstić information content (AvgIpc) is 3.11. The van der Waals surface area contributed by atoms with E-state index in [4.69, 9.17) is 4.74 Å². The summed E-state index contributed by atoms with van der Waals surface area (Å²) in [5, 5.41) is 3.92. The van der Waals surface area contributed by atoms with E-state index in [0.717, 1.165) is 10.6 Å². The maximum Gasteiger partial charge on any atom is 0.433 e. The number of aromatic nitrogens is 3. The minimum absolute atomic E-state index is 0.113. The van der Waals surface area contributed by atoms with Gasteiger partial charge in [0, 0.05) is 36.3 Å². The van der Waals surface area contributed by atoms with Gasteiger partial charge in [-0.1, -0.05) is 6.07 Å². The molecule has 1 saturated heterocycles. The van der Waals surface area contributed by atoms with Gasteiger partial charge in [0.15, 0.2) is 5.65 Å². The summed E-state index contributed by atoms with van der Waals surface area (Å²) >= 11 is 0. The summed E-state index contributed by atoms with van der Waals surface area (Å²) in [6, 6.07) is 9.56. The zero-order valence-corrected chi connectivity index (χ0v) is 16.6. The number of aryl methyl sites for hydroxylation is 1. The normalized spacial score (nSPS) is 15.6. The number of amides is 1. The number of benzene rings is 1. The Labute approximate surface area is 171 Å². The van der Waals surface area contributed by atoms with E-state index in [1.165, 1.54) is 7.11 Å². The van der Waals surface area contributed by atoms with Crippen molar-refractivity contribution in [2.45, 2.75) is 31.9 Å². The zero-order valence-electron chi connectivity index (χ0n) is 16.6. The molecule has 1 fully saturated rings. The predicted molar refractivity (Wildman–Crippen MR) is 104 cm³/mol. The smallest absolute Gasteiger partial charge is 0.433 e. The van der Waals surface area contributed by atoms with Crippen molar-refractivity contribution in [3.63, 3.8) is 0 Å². The second-order valence-electron chi connectivity index (χ2n) is 7.42. The van der Waals surface area contributed by atoms with Crippen molar-refractivity contribution >= 4 is 11.6 Å². The quantitative estimate of drug-likeness (QED) is 0.643. The molecule has 0 radical (unpaired) electrons. The number of carbonyl (C=O) groups excluding carboxylic acids is 1. The zero-order chi connectivity index (χ0) is 21.5. The number of halogens is 3. The Morgan fingerprint density at radius 3 is 2.57 bits per heavy atom. The van der Waals surface area contributed by atoms with Gasteiger partial charge in [-0.05, 0) is 44.0 Å². The standard InChI is InChI=1S/C21H21F3N4O2/c1-13-10-19-25-17(12-18(21(22,23)24)28(19)26-13)14-6-8-27(9-7-14)20(29)15-4-3-5-16(11-15)30-2/h3-5,10-12,14H,6-9H2,1-2H3. The highest BCUT2D eigenvalue weighted by Gasteiger charge is 2.36. The number of piperidine rings is 1. The number of ether oxygens (including phenoxy) is 1.